The number of amides is 1. The van der Waals surface area contributed by atoms with Gasteiger partial charge in [-0.2, -0.15) is 0 Å². The zero-order valence-electron chi connectivity index (χ0n) is 14.8. The van der Waals surface area contributed by atoms with Crippen LogP contribution in [0.2, 0.25) is 5.15 Å². The molecule has 1 fully saturated rings. The van der Waals surface area contributed by atoms with E-state index in [1.54, 1.807) is 6.07 Å². The molecule has 1 saturated heterocycles. The number of para-hydroxylation sites is 1. The molecular weight excluding hydrogens is 334 g/mol. The number of nitrogens with zero attached hydrogens (tertiary/aromatic N) is 2. The lowest BCUT2D eigenvalue weighted by molar-refractivity contribution is 0.0953. The number of halogens is 1. The molecule has 2 aromatic rings. The highest BCUT2D eigenvalue weighted by molar-refractivity contribution is 6.30. The van der Waals surface area contributed by atoms with E-state index in [0.29, 0.717) is 17.3 Å². The van der Waals surface area contributed by atoms with Crippen molar-refractivity contribution in [2.75, 3.05) is 26.2 Å². The van der Waals surface area contributed by atoms with Gasteiger partial charge in [-0.05, 0) is 56.8 Å². The van der Waals surface area contributed by atoms with Crippen molar-refractivity contribution in [3.8, 4) is 0 Å². The largest absolute Gasteiger partial charge is 0.352 e. The summed E-state index contributed by atoms with van der Waals surface area (Å²) in [5.74, 6) is 0.741. The Balaban J connectivity index is 1.48. The number of hydrogen-bond acceptors (Lipinski definition) is 3. The Morgan fingerprint density at radius 2 is 2.20 bits per heavy atom. The normalized spacial score (nSPS) is 18.4. The van der Waals surface area contributed by atoms with Crippen LogP contribution in [0.5, 0.6) is 0 Å². The maximum atomic E-state index is 12.5. The number of benzene rings is 1. The summed E-state index contributed by atoms with van der Waals surface area (Å²) in [6.45, 7) is 6.59. The van der Waals surface area contributed by atoms with E-state index in [0.717, 1.165) is 36.2 Å². The fourth-order valence-electron chi connectivity index (χ4n) is 3.58. The number of nitrogens with one attached hydrogen (secondary N) is 1. The second-order valence-electron chi connectivity index (χ2n) is 7.02. The third kappa shape index (κ3) is 4.93. The number of piperidine rings is 1. The second-order valence-corrected chi connectivity index (χ2v) is 7.41. The Bertz CT molecular complexity index is 734. The fourth-order valence-corrected chi connectivity index (χ4v) is 3.78. The highest BCUT2D eigenvalue weighted by Gasteiger charge is 2.15. The summed E-state index contributed by atoms with van der Waals surface area (Å²) in [7, 11) is 0. The van der Waals surface area contributed by atoms with Gasteiger partial charge in [0.1, 0.15) is 5.15 Å². The number of aromatic nitrogens is 1. The number of carbonyl (C=O) groups excluding carboxylic acids is 1. The molecule has 134 valence electrons. The van der Waals surface area contributed by atoms with Gasteiger partial charge in [0.25, 0.3) is 5.91 Å². The zero-order valence-corrected chi connectivity index (χ0v) is 15.6. The van der Waals surface area contributed by atoms with Gasteiger partial charge in [0.05, 0.1) is 11.1 Å². The Kier molecular flexibility index (Phi) is 6.27. The maximum Gasteiger partial charge on any atom is 0.252 e. The van der Waals surface area contributed by atoms with Crippen molar-refractivity contribution in [2.24, 2.45) is 5.92 Å². The molecule has 1 amide bonds. The summed E-state index contributed by atoms with van der Waals surface area (Å²) in [5.41, 5.74) is 1.35. The van der Waals surface area contributed by atoms with Crippen LogP contribution < -0.4 is 5.32 Å². The first kappa shape index (κ1) is 18.2. The van der Waals surface area contributed by atoms with Crippen molar-refractivity contribution in [1.29, 1.82) is 0 Å². The van der Waals surface area contributed by atoms with Gasteiger partial charge in [-0.1, -0.05) is 36.7 Å². The minimum atomic E-state index is -0.0768. The quantitative estimate of drug-likeness (QED) is 0.623. The van der Waals surface area contributed by atoms with Gasteiger partial charge in [-0.3, -0.25) is 4.79 Å². The van der Waals surface area contributed by atoms with E-state index in [4.69, 9.17) is 11.6 Å². The fraction of sp³-hybridized carbons (Fsp3) is 0.500. The van der Waals surface area contributed by atoms with E-state index < -0.39 is 0 Å². The summed E-state index contributed by atoms with van der Waals surface area (Å²) >= 11 is 6.05. The van der Waals surface area contributed by atoms with Crippen LogP contribution in [0.1, 0.15) is 43.0 Å². The standard InChI is InChI=1S/C20H26ClN3O/c1-15-7-6-12-24(14-15)11-5-4-10-22-20(25)17-13-19(21)23-18-9-3-2-8-16(17)18/h2-3,8-9,13,15H,4-7,10-12,14H2,1H3,(H,22,25). The van der Waals surface area contributed by atoms with Gasteiger partial charge in [0.2, 0.25) is 0 Å². The molecule has 5 heteroatoms. The van der Waals surface area contributed by atoms with Crippen LogP contribution in [0.15, 0.2) is 30.3 Å². The van der Waals surface area contributed by atoms with E-state index in [-0.39, 0.29) is 5.91 Å². The van der Waals surface area contributed by atoms with Crippen LogP contribution in [0.3, 0.4) is 0 Å². The maximum absolute atomic E-state index is 12.5. The number of likely N-dealkylation sites (tertiary alicyclic amines) is 1. The lowest BCUT2D eigenvalue weighted by Gasteiger charge is -2.30. The first-order valence-corrected chi connectivity index (χ1v) is 9.57. The van der Waals surface area contributed by atoms with E-state index in [2.05, 4.69) is 22.1 Å². The number of unbranched alkanes of at least 4 members (excludes halogenated alkanes) is 1. The van der Waals surface area contributed by atoms with Crippen LogP contribution in [0.25, 0.3) is 10.9 Å². The van der Waals surface area contributed by atoms with Crippen LogP contribution in [-0.2, 0) is 0 Å². The van der Waals surface area contributed by atoms with Gasteiger partial charge < -0.3 is 10.2 Å². The highest BCUT2D eigenvalue weighted by atomic mass is 35.5. The predicted molar refractivity (Wildman–Crippen MR) is 103 cm³/mol. The average molecular weight is 360 g/mol. The number of pyridine rings is 1. The topological polar surface area (TPSA) is 45.2 Å². The van der Waals surface area contributed by atoms with Crippen molar-refractivity contribution in [2.45, 2.75) is 32.6 Å². The zero-order chi connectivity index (χ0) is 17.6. The number of rotatable bonds is 6. The molecule has 1 aromatic heterocycles. The summed E-state index contributed by atoms with van der Waals surface area (Å²) < 4.78 is 0. The Morgan fingerprint density at radius 1 is 1.36 bits per heavy atom. The number of carbonyl (C=O) groups is 1. The van der Waals surface area contributed by atoms with Crippen molar-refractivity contribution in [3.63, 3.8) is 0 Å². The number of fused-ring (bicyclic) bond motifs is 1. The Morgan fingerprint density at radius 3 is 3.04 bits per heavy atom. The molecule has 0 saturated carbocycles. The lowest BCUT2D eigenvalue weighted by Crippen LogP contribution is -2.35. The molecule has 2 heterocycles. The summed E-state index contributed by atoms with van der Waals surface area (Å²) in [6.07, 6.45) is 4.78. The molecule has 1 N–H and O–H groups in total. The molecule has 1 atom stereocenters. The highest BCUT2D eigenvalue weighted by Crippen LogP contribution is 2.20. The number of hydrogen-bond donors (Lipinski definition) is 1. The molecule has 0 aliphatic carbocycles. The summed E-state index contributed by atoms with van der Waals surface area (Å²) in [5, 5.41) is 4.21. The minimum absolute atomic E-state index is 0.0768. The molecule has 0 bridgehead atoms. The van der Waals surface area contributed by atoms with Gasteiger partial charge in [0.15, 0.2) is 0 Å². The summed E-state index contributed by atoms with van der Waals surface area (Å²) in [6, 6.07) is 9.24. The molecule has 3 rings (SSSR count). The smallest absolute Gasteiger partial charge is 0.252 e. The van der Waals surface area contributed by atoms with E-state index in [1.807, 2.05) is 24.3 Å². The van der Waals surface area contributed by atoms with Crippen LogP contribution in [0, 0.1) is 5.92 Å². The van der Waals surface area contributed by atoms with Gasteiger partial charge in [0, 0.05) is 18.5 Å². The molecule has 1 aliphatic heterocycles. The molecule has 25 heavy (non-hydrogen) atoms. The van der Waals surface area contributed by atoms with Gasteiger partial charge in [-0.25, -0.2) is 4.98 Å². The molecule has 4 nitrogen and oxygen atoms in total. The second kappa shape index (κ2) is 8.63. The van der Waals surface area contributed by atoms with Crippen LogP contribution in [-0.4, -0.2) is 42.0 Å². The predicted octanol–water partition coefficient (Wildman–Crippen LogP) is 4.13. The molecule has 1 unspecified atom stereocenters. The SMILES string of the molecule is CC1CCCN(CCCCNC(=O)c2cc(Cl)nc3ccccc23)C1. The third-order valence-electron chi connectivity index (χ3n) is 4.86. The third-order valence-corrected chi connectivity index (χ3v) is 5.05. The first-order chi connectivity index (χ1) is 12.1. The molecular formula is C20H26ClN3O. The molecule has 0 spiro atoms. The first-order valence-electron chi connectivity index (χ1n) is 9.19. The molecule has 1 aromatic carbocycles. The monoisotopic (exact) mass is 359 g/mol. The van der Waals surface area contributed by atoms with E-state index in [9.17, 15) is 4.79 Å². The lowest BCUT2D eigenvalue weighted by atomic mass is 10.0. The van der Waals surface area contributed by atoms with E-state index >= 15 is 0 Å². The van der Waals surface area contributed by atoms with Crippen molar-refractivity contribution in [3.05, 3.63) is 41.0 Å². The van der Waals surface area contributed by atoms with Crippen molar-refractivity contribution < 1.29 is 4.79 Å². The van der Waals surface area contributed by atoms with Gasteiger partial charge >= 0.3 is 0 Å². The van der Waals surface area contributed by atoms with Crippen molar-refractivity contribution in [1.82, 2.24) is 15.2 Å². The van der Waals surface area contributed by atoms with Crippen LogP contribution in [0.4, 0.5) is 0 Å². The van der Waals surface area contributed by atoms with Gasteiger partial charge in [-0.15, -0.1) is 0 Å². The van der Waals surface area contributed by atoms with E-state index in [1.165, 1.54) is 25.9 Å². The van der Waals surface area contributed by atoms with Crippen molar-refractivity contribution >= 4 is 28.4 Å². The average Bonchev–Trinajstić information content (AvgIpc) is 2.60. The molecule has 1 aliphatic rings. The Hall–Kier alpha value is -1.65. The minimum Gasteiger partial charge on any atom is -0.352 e. The summed E-state index contributed by atoms with van der Waals surface area (Å²) in [4.78, 5) is 19.3. The molecule has 0 radical (unpaired) electrons. The van der Waals surface area contributed by atoms with Crippen LogP contribution >= 0.6 is 11.6 Å². The Labute approximate surface area is 154 Å².